The average Bonchev–Trinajstić information content (AvgIpc) is 3.22. The lowest BCUT2D eigenvalue weighted by Gasteiger charge is -2.31. The summed E-state index contributed by atoms with van der Waals surface area (Å²) in [5, 5.41) is 6.40. The summed E-state index contributed by atoms with van der Waals surface area (Å²) in [5.41, 5.74) is 3.44. The predicted molar refractivity (Wildman–Crippen MR) is 110 cm³/mol. The molecule has 0 radical (unpaired) electrons. The van der Waals surface area contributed by atoms with Crippen LogP contribution in [0.2, 0.25) is 5.02 Å². The first kappa shape index (κ1) is 18.6. The maximum atomic E-state index is 12.4. The Labute approximate surface area is 169 Å². The minimum Gasteiger partial charge on any atom is -0.463 e. The molecule has 2 amide bonds. The van der Waals surface area contributed by atoms with Crippen LogP contribution in [0.15, 0.2) is 71.3 Å². The molecule has 2 heterocycles. The second kappa shape index (κ2) is 8.50. The lowest BCUT2D eigenvalue weighted by molar-refractivity contribution is -0.946. The summed E-state index contributed by atoms with van der Waals surface area (Å²) < 4.78 is 5.69. The Bertz CT molecular complexity index is 942. The van der Waals surface area contributed by atoms with Gasteiger partial charge in [0.15, 0.2) is 11.8 Å². The molecule has 0 saturated carbocycles. The van der Waals surface area contributed by atoms with Gasteiger partial charge in [0.2, 0.25) is 0 Å². The number of furan rings is 1. The van der Waals surface area contributed by atoms with E-state index in [0.717, 1.165) is 25.3 Å². The van der Waals surface area contributed by atoms with Gasteiger partial charge in [-0.3, -0.25) is 0 Å². The van der Waals surface area contributed by atoms with Crippen molar-refractivity contribution in [3.05, 3.63) is 88.8 Å². The van der Waals surface area contributed by atoms with Gasteiger partial charge in [0, 0.05) is 22.7 Å². The van der Waals surface area contributed by atoms with Gasteiger partial charge in [-0.05, 0) is 35.9 Å². The third-order valence-electron chi connectivity index (χ3n) is 5.18. The van der Waals surface area contributed by atoms with Crippen molar-refractivity contribution in [3.8, 4) is 0 Å². The summed E-state index contributed by atoms with van der Waals surface area (Å²) in [7, 11) is 0. The van der Waals surface area contributed by atoms with Crippen LogP contribution in [0.1, 0.15) is 22.9 Å². The molecule has 1 unspecified atom stereocenters. The Balaban J connectivity index is 1.43. The van der Waals surface area contributed by atoms with E-state index in [-0.39, 0.29) is 12.1 Å². The first-order valence-electron chi connectivity index (χ1n) is 9.44. The maximum absolute atomic E-state index is 12.4. The fourth-order valence-electron chi connectivity index (χ4n) is 3.77. The van der Waals surface area contributed by atoms with Crippen molar-refractivity contribution >= 4 is 23.3 Å². The summed E-state index contributed by atoms with van der Waals surface area (Å²) in [4.78, 5) is 13.8. The number of benzene rings is 2. The fraction of sp³-hybridized carbons (Fsp3) is 0.227. The first-order valence-corrected chi connectivity index (χ1v) is 9.82. The fourth-order valence-corrected chi connectivity index (χ4v) is 3.96. The highest BCUT2D eigenvalue weighted by Crippen LogP contribution is 2.16. The highest BCUT2D eigenvalue weighted by molar-refractivity contribution is 6.30. The summed E-state index contributed by atoms with van der Waals surface area (Å²) >= 11 is 5.98. The molecule has 0 saturated heterocycles. The van der Waals surface area contributed by atoms with Crippen molar-refractivity contribution in [1.29, 1.82) is 0 Å². The monoisotopic (exact) mass is 396 g/mol. The van der Waals surface area contributed by atoms with Gasteiger partial charge in [-0.1, -0.05) is 41.9 Å². The number of hydrogen-bond acceptors (Lipinski definition) is 2. The Kier molecular flexibility index (Phi) is 5.65. The smallest absolute Gasteiger partial charge is 0.319 e. The van der Waals surface area contributed by atoms with E-state index < -0.39 is 0 Å². The Morgan fingerprint density at radius 1 is 1.11 bits per heavy atom. The Hall–Kier alpha value is -2.76. The van der Waals surface area contributed by atoms with E-state index in [9.17, 15) is 4.79 Å². The minimum absolute atomic E-state index is 0.0495. The molecule has 144 valence electrons. The molecule has 3 N–H and O–H groups in total. The van der Waals surface area contributed by atoms with Gasteiger partial charge in [0.25, 0.3) is 0 Å². The third-order valence-corrected chi connectivity index (χ3v) is 5.42. The van der Waals surface area contributed by atoms with Gasteiger partial charge in [-0.2, -0.15) is 0 Å². The number of urea groups is 1. The second-order valence-corrected chi connectivity index (χ2v) is 7.45. The van der Waals surface area contributed by atoms with Gasteiger partial charge < -0.3 is 20.0 Å². The van der Waals surface area contributed by atoms with Gasteiger partial charge in [-0.15, -0.1) is 0 Å². The maximum Gasteiger partial charge on any atom is 0.319 e. The minimum atomic E-state index is -0.254. The van der Waals surface area contributed by atoms with Gasteiger partial charge in [0.05, 0.1) is 19.4 Å². The summed E-state index contributed by atoms with van der Waals surface area (Å²) in [6, 6.07) is 19.3. The van der Waals surface area contributed by atoms with E-state index in [2.05, 4.69) is 34.9 Å². The molecule has 0 fully saturated rings. The number of rotatable bonds is 5. The molecule has 5 nitrogen and oxygen atoms in total. The number of fused-ring (bicyclic) bond motifs is 1. The SMILES string of the molecule is O=C(NC[C@H](c1ccco1)[NH+]1CCc2ccccc2C1)Nc1cccc(Cl)c1. The van der Waals surface area contributed by atoms with Crippen LogP contribution >= 0.6 is 11.6 Å². The molecule has 3 aromatic rings. The quantitative estimate of drug-likeness (QED) is 0.618. The normalized spacial score (nSPS) is 16.8. The second-order valence-electron chi connectivity index (χ2n) is 7.02. The van der Waals surface area contributed by atoms with Gasteiger partial charge in [0.1, 0.15) is 6.54 Å². The number of nitrogens with one attached hydrogen (secondary N) is 3. The van der Waals surface area contributed by atoms with Crippen LogP contribution in [0.3, 0.4) is 0 Å². The molecule has 6 heteroatoms. The molecule has 4 rings (SSSR count). The van der Waals surface area contributed by atoms with E-state index in [1.54, 1.807) is 24.5 Å². The number of anilines is 1. The number of amides is 2. The largest absolute Gasteiger partial charge is 0.463 e. The molecule has 2 aromatic carbocycles. The van der Waals surface area contributed by atoms with Crippen molar-refractivity contribution < 1.29 is 14.1 Å². The zero-order valence-corrected chi connectivity index (χ0v) is 16.2. The van der Waals surface area contributed by atoms with Crippen molar-refractivity contribution in [2.45, 2.75) is 19.0 Å². The molecule has 1 aliphatic rings. The van der Waals surface area contributed by atoms with Crippen LogP contribution in [0, 0.1) is 0 Å². The van der Waals surface area contributed by atoms with Crippen molar-refractivity contribution in [1.82, 2.24) is 5.32 Å². The molecule has 0 bridgehead atoms. The van der Waals surface area contributed by atoms with Crippen LogP contribution in [0.25, 0.3) is 0 Å². The van der Waals surface area contributed by atoms with E-state index in [0.29, 0.717) is 17.3 Å². The lowest BCUT2D eigenvalue weighted by atomic mass is 9.98. The summed E-state index contributed by atoms with van der Waals surface area (Å²) in [6.45, 7) is 2.40. The van der Waals surface area contributed by atoms with Gasteiger partial charge >= 0.3 is 6.03 Å². The van der Waals surface area contributed by atoms with Crippen LogP contribution in [0.4, 0.5) is 10.5 Å². The van der Waals surface area contributed by atoms with E-state index in [4.69, 9.17) is 16.0 Å². The molecule has 0 spiro atoms. The number of hydrogen-bond donors (Lipinski definition) is 3. The summed E-state index contributed by atoms with van der Waals surface area (Å²) in [6.07, 6.45) is 2.71. The molecule has 1 aromatic heterocycles. The molecule has 0 aliphatic carbocycles. The van der Waals surface area contributed by atoms with E-state index in [1.165, 1.54) is 16.0 Å². The molecule has 28 heavy (non-hydrogen) atoms. The third kappa shape index (κ3) is 4.38. The molecular formula is C22H23ClN3O2+. The van der Waals surface area contributed by atoms with Crippen LogP contribution in [-0.2, 0) is 13.0 Å². The first-order chi connectivity index (χ1) is 13.7. The highest BCUT2D eigenvalue weighted by atomic mass is 35.5. The van der Waals surface area contributed by atoms with Crippen molar-refractivity contribution in [2.75, 3.05) is 18.4 Å². The zero-order chi connectivity index (χ0) is 19.3. The van der Waals surface area contributed by atoms with Crippen molar-refractivity contribution in [3.63, 3.8) is 0 Å². The standard InChI is InChI=1S/C22H22ClN3O2/c23-18-7-3-8-19(13-18)25-22(27)24-14-20(21-9-4-12-28-21)26-11-10-16-5-1-2-6-17(16)15-26/h1-9,12-13,20H,10-11,14-15H2,(H2,24,25,27)/p+1/t20-/m1/s1. The van der Waals surface area contributed by atoms with Crippen molar-refractivity contribution in [2.24, 2.45) is 0 Å². The summed E-state index contributed by atoms with van der Waals surface area (Å²) in [5.74, 6) is 0.887. The van der Waals surface area contributed by atoms with E-state index >= 15 is 0 Å². The van der Waals surface area contributed by atoms with Gasteiger partial charge in [-0.25, -0.2) is 4.79 Å². The van der Waals surface area contributed by atoms with Crippen LogP contribution in [0.5, 0.6) is 0 Å². The highest BCUT2D eigenvalue weighted by Gasteiger charge is 2.30. The predicted octanol–water partition coefficient (Wildman–Crippen LogP) is 3.44. The van der Waals surface area contributed by atoms with Crippen LogP contribution < -0.4 is 15.5 Å². The lowest BCUT2D eigenvalue weighted by Crippen LogP contribution is -3.12. The number of carbonyl (C=O) groups is 1. The number of quaternary nitrogens is 1. The number of carbonyl (C=O) groups excluding carboxylic acids is 1. The van der Waals surface area contributed by atoms with Crippen LogP contribution in [-0.4, -0.2) is 19.1 Å². The molecular weight excluding hydrogens is 374 g/mol. The Morgan fingerprint density at radius 3 is 2.75 bits per heavy atom. The van der Waals surface area contributed by atoms with E-state index in [1.807, 2.05) is 18.2 Å². The molecule has 1 aliphatic heterocycles. The topological polar surface area (TPSA) is 58.7 Å². The zero-order valence-electron chi connectivity index (χ0n) is 15.5. The number of halogens is 1. The Morgan fingerprint density at radius 2 is 1.96 bits per heavy atom. The average molecular weight is 397 g/mol. The molecule has 2 atom stereocenters.